The van der Waals surface area contributed by atoms with Crippen LogP contribution in [0.1, 0.15) is 34.8 Å². The number of benzene rings is 1. The van der Waals surface area contributed by atoms with Crippen LogP contribution in [0.2, 0.25) is 0 Å². The molecule has 1 fully saturated rings. The van der Waals surface area contributed by atoms with Gasteiger partial charge in [0.2, 0.25) is 0 Å². The van der Waals surface area contributed by atoms with Crippen LogP contribution in [0.15, 0.2) is 18.2 Å². The van der Waals surface area contributed by atoms with Gasteiger partial charge in [0.15, 0.2) is 0 Å². The van der Waals surface area contributed by atoms with E-state index >= 15 is 0 Å². The monoisotopic (exact) mass is 285 g/mol. The molecule has 0 saturated carbocycles. The standard InChI is InChI=1S/C17H23N3O/c1-4-16(12-18)19-5-7-20(8-6-19)17(21)15-10-13(2)9-14(3)11-15/h9-11,16H,4-8H2,1-3H3. The minimum absolute atomic E-state index is 0.0246. The third kappa shape index (κ3) is 3.62. The van der Waals surface area contributed by atoms with Gasteiger partial charge in [-0.1, -0.05) is 24.1 Å². The average molecular weight is 285 g/mol. The molecule has 1 aromatic rings. The molecule has 1 heterocycles. The molecule has 21 heavy (non-hydrogen) atoms. The van der Waals surface area contributed by atoms with E-state index in [1.165, 1.54) is 0 Å². The highest BCUT2D eigenvalue weighted by Gasteiger charge is 2.25. The fraction of sp³-hybridized carbons (Fsp3) is 0.529. The summed E-state index contributed by atoms with van der Waals surface area (Å²) in [6, 6.07) is 8.29. The lowest BCUT2D eigenvalue weighted by Crippen LogP contribution is -2.51. The first-order chi connectivity index (χ1) is 10.0. The molecule has 1 atom stereocenters. The van der Waals surface area contributed by atoms with Crippen molar-refractivity contribution in [2.45, 2.75) is 33.2 Å². The Morgan fingerprint density at radius 1 is 1.19 bits per heavy atom. The number of piperazine rings is 1. The average Bonchev–Trinajstić information content (AvgIpc) is 2.47. The molecule has 0 spiro atoms. The molecule has 4 heteroatoms. The van der Waals surface area contributed by atoms with E-state index in [2.05, 4.69) is 17.0 Å². The smallest absolute Gasteiger partial charge is 0.253 e. The van der Waals surface area contributed by atoms with Crippen molar-refractivity contribution in [1.82, 2.24) is 9.80 Å². The Morgan fingerprint density at radius 2 is 1.76 bits per heavy atom. The molecule has 2 rings (SSSR count). The third-order valence-corrected chi connectivity index (χ3v) is 4.05. The molecule has 1 aliphatic heterocycles. The fourth-order valence-corrected chi connectivity index (χ4v) is 2.95. The van der Waals surface area contributed by atoms with E-state index in [1.54, 1.807) is 0 Å². The molecule has 4 nitrogen and oxygen atoms in total. The topological polar surface area (TPSA) is 47.3 Å². The van der Waals surface area contributed by atoms with Crippen molar-refractivity contribution < 1.29 is 4.79 Å². The molecule has 1 aliphatic rings. The lowest BCUT2D eigenvalue weighted by Gasteiger charge is -2.36. The van der Waals surface area contributed by atoms with E-state index in [1.807, 2.05) is 37.8 Å². The zero-order valence-electron chi connectivity index (χ0n) is 13.1. The van der Waals surface area contributed by atoms with Gasteiger partial charge >= 0.3 is 0 Å². The van der Waals surface area contributed by atoms with Crippen molar-refractivity contribution in [3.8, 4) is 6.07 Å². The van der Waals surface area contributed by atoms with Crippen LogP contribution >= 0.6 is 0 Å². The zero-order chi connectivity index (χ0) is 15.4. The Morgan fingerprint density at radius 3 is 2.24 bits per heavy atom. The van der Waals surface area contributed by atoms with Crippen molar-refractivity contribution in [2.24, 2.45) is 0 Å². The maximum atomic E-state index is 12.6. The highest BCUT2D eigenvalue weighted by molar-refractivity contribution is 5.94. The van der Waals surface area contributed by atoms with Gasteiger partial charge in [-0.05, 0) is 32.4 Å². The highest BCUT2D eigenvalue weighted by Crippen LogP contribution is 2.14. The summed E-state index contributed by atoms with van der Waals surface area (Å²) < 4.78 is 0. The summed E-state index contributed by atoms with van der Waals surface area (Å²) in [6.07, 6.45) is 0.835. The molecule has 0 bridgehead atoms. The molecule has 0 aromatic heterocycles. The second-order valence-corrected chi connectivity index (χ2v) is 5.76. The third-order valence-electron chi connectivity index (χ3n) is 4.05. The Bertz CT molecular complexity index is 533. The first-order valence-electron chi connectivity index (χ1n) is 7.56. The molecule has 0 aliphatic carbocycles. The van der Waals surface area contributed by atoms with Crippen molar-refractivity contribution in [3.63, 3.8) is 0 Å². The van der Waals surface area contributed by atoms with Crippen LogP contribution < -0.4 is 0 Å². The number of nitriles is 1. The van der Waals surface area contributed by atoms with Crippen molar-refractivity contribution in [2.75, 3.05) is 26.2 Å². The SMILES string of the molecule is CCC(C#N)N1CCN(C(=O)c2cc(C)cc(C)c2)CC1. The second kappa shape index (κ2) is 6.73. The first kappa shape index (κ1) is 15.5. The zero-order valence-corrected chi connectivity index (χ0v) is 13.1. The molecule has 1 unspecified atom stereocenters. The van der Waals surface area contributed by atoms with Gasteiger partial charge in [-0.15, -0.1) is 0 Å². The van der Waals surface area contributed by atoms with E-state index in [-0.39, 0.29) is 11.9 Å². The second-order valence-electron chi connectivity index (χ2n) is 5.76. The number of amides is 1. The minimum atomic E-state index is -0.0246. The number of carbonyl (C=O) groups excluding carboxylic acids is 1. The van der Waals surface area contributed by atoms with Crippen LogP contribution in [0.5, 0.6) is 0 Å². The van der Waals surface area contributed by atoms with Gasteiger partial charge in [0.1, 0.15) is 0 Å². The van der Waals surface area contributed by atoms with Crippen molar-refractivity contribution in [3.05, 3.63) is 34.9 Å². The predicted octanol–water partition coefficient (Wildman–Crippen LogP) is 2.36. The van der Waals surface area contributed by atoms with Crippen LogP contribution in [0.3, 0.4) is 0 Å². The van der Waals surface area contributed by atoms with Crippen LogP contribution in [-0.2, 0) is 0 Å². The lowest BCUT2D eigenvalue weighted by molar-refractivity contribution is 0.0604. The summed E-state index contributed by atoms with van der Waals surface area (Å²) in [7, 11) is 0. The largest absolute Gasteiger partial charge is 0.336 e. The Kier molecular flexibility index (Phi) is 4.98. The number of hydrogen-bond acceptors (Lipinski definition) is 3. The summed E-state index contributed by atoms with van der Waals surface area (Å²) in [6.45, 7) is 9.01. The van der Waals surface area contributed by atoms with E-state index in [9.17, 15) is 4.79 Å². The van der Waals surface area contributed by atoms with Gasteiger partial charge in [-0.3, -0.25) is 9.69 Å². The predicted molar refractivity (Wildman–Crippen MR) is 83.1 cm³/mol. The van der Waals surface area contributed by atoms with E-state index < -0.39 is 0 Å². The van der Waals surface area contributed by atoms with Gasteiger partial charge in [-0.2, -0.15) is 5.26 Å². The highest BCUT2D eigenvalue weighted by atomic mass is 16.2. The number of hydrogen-bond donors (Lipinski definition) is 0. The number of carbonyl (C=O) groups is 1. The minimum Gasteiger partial charge on any atom is -0.336 e. The summed E-state index contributed by atoms with van der Waals surface area (Å²) in [5, 5.41) is 9.12. The maximum absolute atomic E-state index is 12.6. The van der Waals surface area contributed by atoms with Gasteiger partial charge < -0.3 is 4.90 Å². The molecule has 0 N–H and O–H groups in total. The molecule has 1 aromatic carbocycles. The molecule has 0 radical (unpaired) electrons. The summed E-state index contributed by atoms with van der Waals surface area (Å²) in [5.41, 5.74) is 3.01. The van der Waals surface area contributed by atoms with Gasteiger partial charge in [0, 0.05) is 31.7 Å². The molecular formula is C17H23N3O. The quantitative estimate of drug-likeness (QED) is 0.856. The van der Waals surface area contributed by atoms with E-state index in [0.29, 0.717) is 13.1 Å². The maximum Gasteiger partial charge on any atom is 0.253 e. The van der Waals surface area contributed by atoms with Gasteiger partial charge in [0.05, 0.1) is 12.1 Å². The first-order valence-corrected chi connectivity index (χ1v) is 7.56. The number of aryl methyl sites for hydroxylation is 2. The molecule has 1 saturated heterocycles. The summed E-state index contributed by atoms with van der Waals surface area (Å²) in [4.78, 5) is 16.6. The van der Waals surface area contributed by atoms with Crippen LogP contribution in [0.25, 0.3) is 0 Å². The molecular weight excluding hydrogens is 262 g/mol. The lowest BCUT2D eigenvalue weighted by atomic mass is 10.1. The van der Waals surface area contributed by atoms with Gasteiger partial charge in [-0.25, -0.2) is 0 Å². The van der Waals surface area contributed by atoms with Crippen LogP contribution in [0, 0.1) is 25.2 Å². The van der Waals surface area contributed by atoms with E-state index in [0.717, 1.165) is 36.2 Å². The molecule has 112 valence electrons. The fourth-order valence-electron chi connectivity index (χ4n) is 2.95. The number of nitrogens with zero attached hydrogens (tertiary/aromatic N) is 3. The summed E-state index contributed by atoms with van der Waals surface area (Å²) in [5.74, 6) is 0.103. The van der Waals surface area contributed by atoms with Gasteiger partial charge in [0.25, 0.3) is 5.91 Å². The van der Waals surface area contributed by atoms with Crippen LogP contribution in [0.4, 0.5) is 0 Å². The normalized spacial score (nSPS) is 17.3. The Balaban J connectivity index is 2.02. The molecule has 1 amide bonds. The number of rotatable bonds is 3. The Labute approximate surface area is 127 Å². The summed E-state index contributed by atoms with van der Waals surface area (Å²) >= 11 is 0. The van der Waals surface area contributed by atoms with Crippen molar-refractivity contribution in [1.29, 1.82) is 5.26 Å². The Hall–Kier alpha value is -1.86. The van der Waals surface area contributed by atoms with Crippen LogP contribution in [-0.4, -0.2) is 47.9 Å². The van der Waals surface area contributed by atoms with Crippen molar-refractivity contribution >= 4 is 5.91 Å². The van der Waals surface area contributed by atoms with E-state index in [4.69, 9.17) is 5.26 Å².